The van der Waals surface area contributed by atoms with Crippen molar-refractivity contribution in [2.75, 3.05) is 12.9 Å². The van der Waals surface area contributed by atoms with Gasteiger partial charge < -0.3 is 10.1 Å². The maximum absolute atomic E-state index is 12.1. The Morgan fingerprint density at radius 2 is 1.96 bits per heavy atom. The summed E-state index contributed by atoms with van der Waals surface area (Å²) in [6, 6.07) is 12.0. The summed E-state index contributed by atoms with van der Waals surface area (Å²) in [6.45, 7) is 1.44. The van der Waals surface area contributed by atoms with Gasteiger partial charge in [-0.2, -0.15) is 0 Å². The molecule has 2 aromatic carbocycles. The second-order valence-electron chi connectivity index (χ2n) is 5.27. The Hall–Kier alpha value is -1.69. The zero-order valence-electron chi connectivity index (χ0n) is 13.7. The molecule has 0 bridgehead atoms. The number of hydrogen-bond acceptors (Lipinski definition) is 4. The number of carbonyl (C=O) groups is 2. The van der Waals surface area contributed by atoms with Crippen LogP contribution in [0.3, 0.4) is 0 Å². The summed E-state index contributed by atoms with van der Waals surface area (Å²) in [5.74, 6) is -1.04. The zero-order chi connectivity index (χ0) is 18.4. The Morgan fingerprint density at radius 3 is 2.64 bits per heavy atom. The monoisotopic (exact) mass is 397 g/mol. The van der Waals surface area contributed by atoms with E-state index in [9.17, 15) is 9.59 Å². The molecular weight excluding hydrogens is 381 g/mol. The van der Waals surface area contributed by atoms with Crippen molar-refractivity contribution in [1.82, 2.24) is 5.32 Å². The van der Waals surface area contributed by atoms with Gasteiger partial charge >= 0.3 is 5.97 Å². The molecule has 0 spiro atoms. The Labute approximate surface area is 160 Å². The van der Waals surface area contributed by atoms with Crippen molar-refractivity contribution in [3.05, 3.63) is 63.6 Å². The molecule has 1 amide bonds. The highest BCUT2D eigenvalue weighted by molar-refractivity contribution is 7.98. The maximum Gasteiger partial charge on any atom is 0.340 e. The minimum atomic E-state index is -0.633. The molecule has 0 saturated carbocycles. The summed E-state index contributed by atoms with van der Waals surface area (Å²) in [7, 11) is 0. The second kappa shape index (κ2) is 9.13. The molecule has 1 atom stereocenters. The van der Waals surface area contributed by atoms with Crippen LogP contribution in [0.4, 0.5) is 0 Å². The average Bonchev–Trinajstić information content (AvgIpc) is 2.60. The maximum atomic E-state index is 12.1. The number of amides is 1. The lowest BCUT2D eigenvalue weighted by atomic mass is 10.1. The molecule has 25 heavy (non-hydrogen) atoms. The Morgan fingerprint density at radius 1 is 1.20 bits per heavy atom. The van der Waals surface area contributed by atoms with Crippen molar-refractivity contribution in [3.8, 4) is 0 Å². The first-order valence-corrected chi connectivity index (χ1v) is 9.44. The van der Waals surface area contributed by atoms with E-state index >= 15 is 0 Å². The number of benzene rings is 2. The number of nitrogens with one attached hydrogen (secondary N) is 1. The third kappa shape index (κ3) is 5.66. The van der Waals surface area contributed by atoms with Gasteiger partial charge in [0, 0.05) is 9.92 Å². The van der Waals surface area contributed by atoms with Crippen molar-refractivity contribution < 1.29 is 14.3 Å². The van der Waals surface area contributed by atoms with Crippen molar-refractivity contribution in [1.29, 1.82) is 0 Å². The van der Waals surface area contributed by atoms with Crippen molar-refractivity contribution >= 4 is 46.8 Å². The number of thioether (sulfide) groups is 1. The second-order valence-corrected chi connectivity index (χ2v) is 6.99. The van der Waals surface area contributed by atoms with Gasteiger partial charge in [0.1, 0.15) is 0 Å². The van der Waals surface area contributed by atoms with E-state index in [0.717, 1.165) is 10.5 Å². The Bertz CT molecular complexity index is 783. The highest BCUT2D eigenvalue weighted by Gasteiger charge is 2.16. The standard InChI is InChI=1S/C18H17Cl2NO3S/c1-11(12-4-3-5-13(19)8-12)21-17(22)10-24-18(23)15-9-14(25-2)6-7-16(15)20/h3-9,11H,10H2,1-2H3,(H,21,22)/t11-/m0/s1. The molecule has 2 rings (SSSR count). The highest BCUT2D eigenvalue weighted by Crippen LogP contribution is 2.23. The third-order valence-corrected chi connectivity index (χ3v) is 4.74. The van der Waals surface area contributed by atoms with E-state index in [0.29, 0.717) is 5.02 Å². The molecule has 0 fully saturated rings. The van der Waals surface area contributed by atoms with Crippen LogP contribution in [0.5, 0.6) is 0 Å². The van der Waals surface area contributed by atoms with Crippen molar-refractivity contribution in [2.24, 2.45) is 0 Å². The first-order chi connectivity index (χ1) is 11.9. The quantitative estimate of drug-likeness (QED) is 0.564. The van der Waals surface area contributed by atoms with Gasteiger partial charge in [-0.05, 0) is 49.1 Å². The molecule has 0 aliphatic heterocycles. The van der Waals surface area contributed by atoms with E-state index in [1.807, 2.05) is 25.3 Å². The van der Waals surface area contributed by atoms with Gasteiger partial charge in [-0.25, -0.2) is 4.79 Å². The van der Waals surface area contributed by atoms with Crippen LogP contribution in [0.2, 0.25) is 10.0 Å². The largest absolute Gasteiger partial charge is 0.452 e. The molecule has 0 aliphatic rings. The highest BCUT2D eigenvalue weighted by atomic mass is 35.5. The van der Waals surface area contributed by atoms with E-state index in [1.165, 1.54) is 11.8 Å². The van der Waals surface area contributed by atoms with E-state index in [-0.39, 0.29) is 23.2 Å². The fraction of sp³-hybridized carbons (Fsp3) is 0.222. The number of rotatable bonds is 6. The molecule has 132 valence electrons. The first kappa shape index (κ1) is 19.6. The van der Waals surface area contributed by atoms with E-state index in [4.69, 9.17) is 27.9 Å². The predicted molar refractivity (Wildman–Crippen MR) is 102 cm³/mol. The lowest BCUT2D eigenvalue weighted by Crippen LogP contribution is -2.31. The first-order valence-electron chi connectivity index (χ1n) is 7.46. The van der Waals surface area contributed by atoms with Crippen LogP contribution >= 0.6 is 35.0 Å². The van der Waals surface area contributed by atoms with Crippen LogP contribution in [0.1, 0.15) is 28.9 Å². The molecule has 7 heteroatoms. The van der Waals surface area contributed by atoms with Gasteiger partial charge in [0.05, 0.1) is 16.6 Å². The van der Waals surface area contributed by atoms with Crippen LogP contribution in [-0.4, -0.2) is 24.7 Å². The Kier molecular flexibility index (Phi) is 7.17. The van der Waals surface area contributed by atoms with Gasteiger partial charge in [-0.1, -0.05) is 35.3 Å². The number of halogens is 2. The van der Waals surface area contributed by atoms with Crippen LogP contribution < -0.4 is 5.32 Å². The minimum absolute atomic E-state index is 0.240. The lowest BCUT2D eigenvalue weighted by Gasteiger charge is -2.15. The van der Waals surface area contributed by atoms with Gasteiger partial charge in [0.2, 0.25) is 0 Å². The van der Waals surface area contributed by atoms with E-state index in [2.05, 4.69) is 5.32 Å². The molecule has 1 N–H and O–H groups in total. The summed E-state index contributed by atoms with van der Waals surface area (Å²) in [4.78, 5) is 25.0. The molecule has 4 nitrogen and oxygen atoms in total. The molecule has 0 aromatic heterocycles. The van der Waals surface area contributed by atoms with Gasteiger partial charge in [-0.15, -0.1) is 11.8 Å². The summed E-state index contributed by atoms with van der Waals surface area (Å²) in [5, 5.41) is 3.63. The molecule has 0 aliphatic carbocycles. The van der Waals surface area contributed by atoms with Gasteiger partial charge in [-0.3, -0.25) is 4.79 Å². The summed E-state index contributed by atoms with van der Waals surface area (Å²) >= 11 is 13.4. The zero-order valence-corrected chi connectivity index (χ0v) is 16.0. The molecule has 0 radical (unpaired) electrons. The normalized spacial score (nSPS) is 11.7. The van der Waals surface area contributed by atoms with Crippen molar-refractivity contribution in [3.63, 3.8) is 0 Å². The number of ether oxygens (including phenoxy) is 1. The average molecular weight is 398 g/mol. The molecule has 0 unspecified atom stereocenters. The summed E-state index contributed by atoms with van der Waals surface area (Å²) in [5.41, 5.74) is 1.10. The van der Waals surface area contributed by atoms with Gasteiger partial charge in [0.25, 0.3) is 5.91 Å². The molecule has 0 saturated heterocycles. The van der Waals surface area contributed by atoms with E-state index in [1.54, 1.807) is 30.3 Å². The topological polar surface area (TPSA) is 55.4 Å². The van der Waals surface area contributed by atoms with E-state index < -0.39 is 11.9 Å². The minimum Gasteiger partial charge on any atom is -0.452 e. The van der Waals surface area contributed by atoms with Crippen LogP contribution in [-0.2, 0) is 9.53 Å². The van der Waals surface area contributed by atoms with Crippen molar-refractivity contribution in [2.45, 2.75) is 17.9 Å². The fourth-order valence-electron chi connectivity index (χ4n) is 2.14. The molecule has 2 aromatic rings. The number of esters is 1. The SMILES string of the molecule is CSc1ccc(Cl)c(C(=O)OCC(=O)N[C@@H](C)c2cccc(Cl)c2)c1. The fourth-order valence-corrected chi connectivity index (χ4v) is 2.97. The van der Waals surface area contributed by atoms with Crippen LogP contribution in [0.25, 0.3) is 0 Å². The number of hydrogen-bond donors (Lipinski definition) is 1. The lowest BCUT2D eigenvalue weighted by molar-refractivity contribution is -0.124. The molecular formula is C18H17Cl2NO3S. The summed E-state index contributed by atoms with van der Waals surface area (Å²) < 4.78 is 5.06. The van der Waals surface area contributed by atoms with Crippen LogP contribution in [0, 0.1) is 0 Å². The Balaban J connectivity index is 1.92. The van der Waals surface area contributed by atoms with Crippen LogP contribution in [0.15, 0.2) is 47.4 Å². The smallest absolute Gasteiger partial charge is 0.340 e. The predicted octanol–water partition coefficient (Wildman–Crippen LogP) is 4.75. The van der Waals surface area contributed by atoms with Gasteiger partial charge in [0.15, 0.2) is 6.61 Å². The molecule has 0 heterocycles. The third-order valence-electron chi connectivity index (χ3n) is 3.45. The summed E-state index contributed by atoms with van der Waals surface area (Å²) in [6.07, 6.45) is 1.89. The number of carbonyl (C=O) groups excluding carboxylic acids is 2.